The predicted octanol–water partition coefficient (Wildman–Crippen LogP) is -1.71. The van der Waals surface area contributed by atoms with Crippen molar-refractivity contribution in [3.63, 3.8) is 0 Å². The lowest BCUT2D eigenvalue weighted by atomic mass is 10.1. The number of H-pyrrole nitrogens is 1. The molecule has 4 aromatic heterocycles. The molecule has 3 aliphatic rings. The van der Waals surface area contributed by atoms with Gasteiger partial charge < -0.3 is 26.0 Å². The summed E-state index contributed by atoms with van der Waals surface area (Å²) < 4.78 is 87.5. The summed E-state index contributed by atoms with van der Waals surface area (Å²) in [5.41, 5.74) is 10.8. The number of halogens is 1. The highest BCUT2D eigenvalue weighted by molar-refractivity contribution is 8.44. The summed E-state index contributed by atoms with van der Waals surface area (Å²) in [6.45, 7) is -5.77. The SMILES string of the molecule is Nc1nc2c(ncn2[C@@H]2O[C@@H]3CO[P@@](=O)(S)O[C@H]4[C@@H](F)[C@H](n5cnc6c(N)ncnc65)O[C@@H]4CNS(=O)(=O)O[C@H]3[C@H]2O)c(=O)[nH]1. The minimum absolute atomic E-state index is 0.0283. The smallest absolute Gasteiger partial charge is 0.386 e. The largest absolute Gasteiger partial charge is 0.386 e. The zero-order chi connectivity index (χ0) is 31.8. The van der Waals surface area contributed by atoms with Gasteiger partial charge in [-0.1, -0.05) is 12.2 Å². The number of aliphatic hydroxyl groups is 1. The van der Waals surface area contributed by atoms with E-state index in [-0.39, 0.29) is 34.1 Å². The second-order valence-corrected chi connectivity index (χ2v) is 14.4. The van der Waals surface area contributed by atoms with E-state index in [1.165, 1.54) is 10.9 Å². The van der Waals surface area contributed by atoms with E-state index >= 15 is 4.39 Å². The molecule has 0 aliphatic carbocycles. The fraction of sp³-hybridized carbons (Fsp3) is 0.500. The molecule has 242 valence electrons. The molecule has 3 saturated heterocycles. The minimum Gasteiger partial charge on any atom is -0.386 e. The maximum absolute atomic E-state index is 15.9. The summed E-state index contributed by atoms with van der Waals surface area (Å²) in [5.74, 6) is -0.229. The Morgan fingerprint density at radius 1 is 1.04 bits per heavy atom. The molecular weight excluding hydrogens is 668 g/mol. The van der Waals surface area contributed by atoms with E-state index in [1.54, 1.807) is 0 Å². The summed E-state index contributed by atoms with van der Waals surface area (Å²) in [6.07, 6.45) is -9.42. The average molecular weight is 692 g/mol. The first-order valence-electron chi connectivity index (χ1n) is 12.9. The van der Waals surface area contributed by atoms with E-state index in [0.29, 0.717) is 0 Å². The molecule has 7 rings (SSSR count). The van der Waals surface area contributed by atoms with E-state index in [0.717, 1.165) is 17.2 Å². The van der Waals surface area contributed by atoms with Gasteiger partial charge in [0.2, 0.25) is 5.95 Å². The van der Waals surface area contributed by atoms with Crippen LogP contribution in [0.5, 0.6) is 0 Å². The Morgan fingerprint density at radius 2 is 1.76 bits per heavy atom. The Bertz CT molecular complexity index is 2010. The van der Waals surface area contributed by atoms with Gasteiger partial charge in [-0.05, 0) is 0 Å². The molecule has 0 radical (unpaired) electrons. The Hall–Kier alpha value is -3.32. The van der Waals surface area contributed by atoms with Crippen LogP contribution in [0.15, 0.2) is 23.8 Å². The molecule has 3 aliphatic heterocycles. The van der Waals surface area contributed by atoms with Gasteiger partial charge in [-0.2, -0.15) is 18.1 Å². The van der Waals surface area contributed by atoms with Crippen molar-refractivity contribution in [2.45, 2.75) is 49.1 Å². The third kappa shape index (κ3) is 5.35. The summed E-state index contributed by atoms with van der Waals surface area (Å²) in [6, 6.07) is 0. The number of rotatable bonds is 2. The topological polar surface area (TPSA) is 289 Å². The maximum Gasteiger partial charge on any atom is 0.386 e. The van der Waals surface area contributed by atoms with E-state index in [4.69, 9.17) is 34.2 Å². The van der Waals surface area contributed by atoms with Crippen LogP contribution in [0.3, 0.4) is 0 Å². The van der Waals surface area contributed by atoms with Crippen LogP contribution < -0.4 is 21.7 Å². The normalized spacial score (nSPS) is 35.5. The van der Waals surface area contributed by atoms with Crippen LogP contribution in [0, 0.1) is 0 Å². The lowest BCUT2D eigenvalue weighted by Gasteiger charge is -2.26. The van der Waals surface area contributed by atoms with Crippen LogP contribution in [0.1, 0.15) is 12.5 Å². The molecule has 0 spiro atoms. The molecule has 0 amide bonds. The second-order valence-electron chi connectivity index (χ2n) is 10.1. The van der Waals surface area contributed by atoms with Crippen molar-refractivity contribution in [1.82, 2.24) is 43.8 Å². The first-order chi connectivity index (χ1) is 21.3. The van der Waals surface area contributed by atoms with Crippen LogP contribution in [-0.2, 0) is 37.6 Å². The van der Waals surface area contributed by atoms with Gasteiger partial charge in [-0.15, -0.1) is 0 Å². The maximum atomic E-state index is 15.9. The molecule has 0 aromatic carbocycles. The molecule has 9 atom stereocenters. The molecule has 0 bridgehead atoms. The van der Waals surface area contributed by atoms with Crippen molar-refractivity contribution in [2.75, 3.05) is 24.6 Å². The Balaban J connectivity index is 1.17. The van der Waals surface area contributed by atoms with E-state index < -0.39 is 85.0 Å². The summed E-state index contributed by atoms with van der Waals surface area (Å²) in [7, 11) is -4.71. The number of thiol groups is 1. The van der Waals surface area contributed by atoms with Crippen molar-refractivity contribution in [3.05, 3.63) is 29.3 Å². The van der Waals surface area contributed by atoms with Gasteiger partial charge in [0.25, 0.3) is 5.56 Å². The fourth-order valence-electron chi connectivity index (χ4n) is 5.31. The number of hydrogen-bond acceptors (Lipinski definition) is 17. The zero-order valence-corrected chi connectivity index (χ0v) is 25.0. The van der Waals surface area contributed by atoms with E-state index in [1.807, 2.05) is 0 Å². The van der Waals surface area contributed by atoms with Gasteiger partial charge in [0.1, 0.15) is 42.4 Å². The molecule has 7 N–H and O–H groups in total. The number of fused-ring (bicyclic) bond motifs is 4. The highest BCUT2D eigenvalue weighted by Crippen LogP contribution is 2.57. The van der Waals surface area contributed by atoms with Crippen LogP contribution in [0.25, 0.3) is 22.3 Å². The molecular formula is C20H23FN11O10PS2. The Morgan fingerprint density at radius 3 is 2.53 bits per heavy atom. The molecule has 7 heterocycles. The van der Waals surface area contributed by atoms with Crippen molar-refractivity contribution in [3.8, 4) is 0 Å². The molecule has 21 nitrogen and oxygen atoms in total. The number of aliphatic hydroxyl groups excluding tert-OH is 1. The zero-order valence-electron chi connectivity index (χ0n) is 22.4. The third-order valence-corrected chi connectivity index (χ3v) is 9.93. The van der Waals surface area contributed by atoms with E-state index in [9.17, 15) is 22.9 Å². The number of anilines is 2. The first-order valence-corrected chi connectivity index (χ1v) is 17.0. The summed E-state index contributed by atoms with van der Waals surface area (Å²) in [4.78, 5) is 34.4. The molecule has 3 fully saturated rings. The lowest BCUT2D eigenvalue weighted by Crippen LogP contribution is -2.45. The van der Waals surface area contributed by atoms with Gasteiger partial charge in [-0.3, -0.25) is 28.0 Å². The van der Waals surface area contributed by atoms with Crippen molar-refractivity contribution >= 4 is 63.4 Å². The van der Waals surface area contributed by atoms with Crippen LogP contribution in [-0.4, -0.2) is 102 Å². The first kappa shape index (κ1) is 30.3. The summed E-state index contributed by atoms with van der Waals surface area (Å²) in [5, 5.41) is 11.1. The standard InChI is InChI=1S/C20H23FN11O10PS2/c21-8-12-6(39-18(8)31-4-26-9-14(22)24-3-25-15(9)31)1-28-45(36,37)42-13-7(2-38-43(35,44)41-12)40-19(11(13)33)32-5-27-10-16(32)29-20(23)30-17(10)34/h3-8,11-13,18-19,28,33H,1-2H2,(H,35,44)(H2,22,24,25)(H3,23,29,30,34)/t6-,7-,8-,11-,12-,13-,18-,19-,43-/m1/s1. The van der Waals surface area contributed by atoms with Gasteiger partial charge in [0.15, 0.2) is 41.3 Å². The van der Waals surface area contributed by atoms with Gasteiger partial charge in [0, 0.05) is 6.54 Å². The number of nitrogens with two attached hydrogens (primary N) is 2. The number of nitrogens with zero attached hydrogens (tertiary/aromatic N) is 7. The molecule has 0 saturated carbocycles. The van der Waals surface area contributed by atoms with Crippen molar-refractivity contribution in [2.24, 2.45) is 0 Å². The number of aromatic amines is 1. The molecule has 4 aromatic rings. The minimum atomic E-state index is -4.71. The van der Waals surface area contributed by atoms with Gasteiger partial charge in [0.05, 0.1) is 19.3 Å². The fourth-order valence-corrected chi connectivity index (χ4v) is 7.76. The van der Waals surface area contributed by atoms with Crippen molar-refractivity contribution in [1.29, 1.82) is 0 Å². The van der Waals surface area contributed by atoms with Crippen LogP contribution in [0.2, 0.25) is 0 Å². The number of imidazole rings is 2. The van der Waals surface area contributed by atoms with Crippen LogP contribution >= 0.6 is 19.0 Å². The Kier molecular flexibility index (Phi) is 7.34. The number of nitrogen functional groups attached to an aromatic ring is 2. The quantitative estimate of drug-likeness (QED) is 0.101. The number of nitrogens with one attached hydrogen (secondary N) is 2. The Labute approximate surface area is 255 Å². The molecule has 0 unspecified atom stereocenters. The van der Waals surface area contributed by atoms with E-state index in [2.05, 4.69) is 46.9 Å². The molecule has 45 heavy (non-hydrogen) atoms. The van der Waals surface area contributed by atoms with Gasteiger partial charge in [-0.25, -0.2) is 33.1 Å². The monoisotopic (exact) mass is 691 g/mol. The third-order valence-electron chi connectivity index (χ3n) is 7.32. The van der Waals surface area contributed by atoms with Crippen LogP contribution in [0.4, 0.5) is 16.2 Å². The molecule has 25 heteroatoms. The second kappa shape index (κ2) is 10.9. The predicted molar refractivity (Wildman–Crippen MR) is 150 cm³/mol. The number of aromatic nitrogens is 8. The average Bonchev–Trinajstić information content (AvgIpc) is 3.72. The highest BCUT2D eigenvalue weighted by Gasteiger charge is 2.53. The highest BCUT2D eigenvalue weighted by atomic mass is 32.7. The van der Waals surface area contributed by atoms with Gasteiger partial charge >= 0.3 is 17.1 Å². The lowest BCUT2D eigenvalue weighted by molar-refractivity contribution is -0.0497. The number of alkyl halides is 1. The van der Waals surface area contributed by atoms with Crippen molar-refractivity contribution < 1.29 is 45.2 Å². The summed E-state index contributed by atoms with van der Waals surface area (Å²) >= 11 is 3.98. The number of hydrogen-bond donors (Lipinski definition) is 6. The number of ether oxygens (including phenoxy) is 2.